The smallest absolute Gasteiger partial charge is 0.413 e. The van der Waals surface area contributed by atoms with Gasteiger partial charge >= 0.3 is 12.1 Å². The predicted octanol–water partition coefficient (Wildman–Crippen LogP) is 6.33. The first-order chi connectivity index (χ1) is 16.6. The molecule has 8 nitrogen and oxygen atoms in total. The largest absolute Gasteiger partial charge is 0.465 e. The summed E-state index contributed by atoms with van der Waals surface area (Å²) in [6, 6.07) is 3.10. The van der Waals surface area contributed by atoms with Crippen molar-refractivity contribution in [2.75, 3.05) is 32.9 Å². The summed E-state index contributed by atoms with van der Waals surface area (Å²) < 4.78 is 26.5. The van der Waals surface area contributed by atoms with Crippen molar-refractivity contribution in [2.45, 2.75) is 97.2 Å². The molecule has 8 heteroatoms. The molecule has 1 aromatic rings. The van der Waals surface area contributed by atoms with E-state index < -0.39 is 18.4 Å². The minimum absolute atomic E-state index is 0.0129. The van der Waals surface area contributed by atoms with Crippen LogP contribution in [0.3, 0.4) is 0 Å². The minimum Gasteiger partial charge on any atom is -0.465 e. The summed E-state index contributed by atoms with van der Waals surface area (Å²) in [4.78, 5) is 25.8. The van der Waals surface area contributed by atoms with Gasteiger partial charge in [-0.1, -0.05) is 77.6 Å². The molecule has 1 atom stereocenters. The Morgan fingerprint density at radius 1 is 0.882 bits per heavy atom. The lowest BCUT2D eigenvalue weighted by Gasteiger charge is -2.27. The third kappa shape index (κ3) is 11.8. The number of hydrogen-bond acceptors (Lipinski definition) is 7. The number of hydrogen-bond donors (Lipinski definition) is 0. The monoisotopic (exact) mass is 481 g/mol. The molecule has 0 bridgehead atoms. The lowest BCUT2D eigenvalue weighted by molar-refractivity contribution is -0.0768. The number of unbranched alkanes of at least 4 members (excludes halogenated alkanes) is 11. The Kier molecular flexibility index (Phi) is 14.2. The van der Waals surface area contributed by atoms with Crippen LogP contribution in [0.15, 0.2) is 16.5 Å². The Bertz CT molecular complexity index is 684. The van der Waals surface area contributed by atoms with Crippen molar-refractivity contribution in [1.29, 1.82) is 0 Å². The molecule has 0 spiro atoms. The van der Waals surface area contributed by atoms with Crippen molar-refractivity contribution < 1.29 is 33.0 Å². The fourth-order valence-electron chi connectivity index (χ4n) is 3.82. The normalized spacial score (nSPS) is 14.6. The molecule has 194 valence electrons. The highest BCUT2D eigenvalue weighted by Crippen LogP contribution is 2.19. The van der Waals surface area contributed by atoms with E-state index in [-0.39, 0.29) is 11.7 Å². The van der Waals surface area contributed by atoms with Gasteiger partial charge < -0.3 is 28.3 Å². The van der Waals surface area contributed by atoms with Gasteiger partial charge in [-0.2, -0.15) is 0 Å². The summed E-state index contributed by atoms with van der Waals surface area (Å²) in [6.45, 7) is 6.15. The maximum atomic E-state index is 12.2. The van der Waals surface area contributed by atoms with E-state index in [4.69, 9.17) is 23.4 Å². The predicted molar refractivity (Wildman–Crippen MR) is 129 cm³/mol. The van der Waals surface area contributed by atoms with E-state index in [0.717, 1.165) is 12.8 Å². The molecule has 1 aliphatic rings. The lowest BCUT2D eigenvalue weighted by atomic mass is 10.1. The van der Waals surface area contributed by atoms with Crippen molar-refractivity contribution >= 4 is 12.1 Å². The molecule has 0 aromatic carbocycles. The van der Waals surface area contributed by atoms with Crippen LogP contribution in [0.2, 0.25) is 0 Å². The highest BCUT2D eigenvalue weighted by atomic mass is 16.7. The highest BCUT2D eigenvalue weighted by Gasteiger charge is 2.23. The average molecular weight is 482 g/mol. The van der Waals surface area contributed by atoms with Gasteiger partial charge in [0.1, 0.15) is 0 Å². The summed E-state index contributed by atoms with van der Waals surface area (Å²) in [5.74, 6) is -0.408. The maximum absolute atomic E-state index is 12.2. The molecule has 1 saturated heterocycles. The number of carbonyl (C=O) groups excluding carboxylic acids is 2. The van der Waals surface area contributed by atoms with Crippen LogP contribution >= 0.6 is 0 Å². The zero-order chi connectivity index (χ0) is 24.4. The lowest BCUT2D eigenvalue weighted by Crippen LogP contribution is -2.42. The van der Waals surface area contributed by atoms with E-state index in [1.807, 2.05) is 0 Å². The first kappa shape index (κ1) is 28.0. The Balaban J connectivity index is 1.49. The van der Waals surface area contributed by atoms with Gasteiger partial charge in [-0.05, 0) is 12.5 Å². The molecule has 1 aliphatic heterocycles. The second-order valence-corrected chi connectivity index (χ2v) is 8.81. The molecule has 34 heavy (non-hydrogen) atoms. The summed E-state index contributed by atoms with van der Waals surface area (Å²) >= 11 is 0. The molecule has 2 rings (SSSR count). The SMILES string of the molecule is CCCCCCCCCCCCCCOc1ccc(C(=O)OC(C)OC(=O)N2CCOCC2)o1. The van der Waals surface area contributed by atoms with E-state index >= 15 is 0 Å². The van der Waals surface area contributed by atoms with Crippen molar-refractivity contribution in [3.8, 4) is 5.95 Å². The van der Waals surface area contributed by atoms with Crippen LogP contribution in [0.25, 0.3) is 0 Å². The molecule has 1 fully saturated rings. The van der Waals surface area contributed by atoms with Crippen LogP contribution in [0.5, 0.6) is 5.95 Å². The number of nitrogens with zero attached hydrogens (tertiary/aromatic N) is 1. The summed E-state index contributed by atoms with van der Waals surface area (Å²) in [5.41, 5.74) is 0. The quantitative estimate of drug-likeness (QED) is 0.146. The Labute approximate surface area is 204 Å². The fourth-order valence-corrected chi connectivity index (χ4v) is 3.82. The third-order valence-corrected chi connectivity index (χ3v) is 5.83. The zero-order valence-electron chi connectivity index (χ0n) is 21.1. The van der Waals surface area contributed by atoms with E-state index in [2.05, 4.69) is 6.92 Å². The second kappa shape index (κ2) is 17.2. The topological polar surface area (TPSA) is 87.4 Å². The molecule has 1 unspecified atom stereocenters. The molecule has 0 aliphatic carbocycles. The van der Waals surface area contributed by atoms with Crippen LogP contribution in [0.4, 0.5) is 4.79 Å². The van der Waals surface area contributed by atoms with Gasteiger partial charge in [0.05, 0.1) is 19.8 Å². The summed E-state index contributed by atoms with van der Waals surface area (Å²) in [5, 5.41) is 0. The van der Waals surface area contributed by atoms with Crippen molar-refractivity contribution in [3.63, 3.8) is 0 Å². The van der Waals surface area contributed by atoms with Crippen LogP contribution < -0.4 is 4.74 Å². The standard InChI is InChI=1S/C26H43NO7/c1-3-4-5-6-7-8-9-10-11-12-13-14-19-31-24-16-15-23(34-24)25(28)32-22(2)33-26(29)27-17-20-30-21-18-27/h15-16,22H,3-14,17-21H2,1-2H3. The number of furan rings is 1. The Morgan fingerprint density at radius 2 is 1.47 bits per heavy atom. The molecular weight excluding hydrogens is 438 g/mol. The first-order valence-corrected chi connectivity index (χ1v) is 13.1. The van der Waals surface area contributed by atoms with Gasteiger partial charge in [0.25, 0.3) is 5.95 Å². The zero-order valence-corrected chi connectivity index (χ0v) is 21.1. The van der Waals surface area contributed by atoms with Gasteiger partial charge in [-0.15, -0.1) is 0 Å². The second-order valence-electron chi connectivity index (χ2n) is 8.81. The number of carbonyl (C=O) groups is 2. The molecular formula is C26H43NO7. The van der Waals surface area contributed by atoms with Crippen LogP contribution in [0, 0.1) is 0 Å². The molecule has 0 radical (unpaired) electrons. The highest BCUT2D eigenvalue weighted by molar-refractivity contribution is 5.86. The van der Waals surface area contributed by atoms with E-state index in [1.165, 1.54) is 82.1 Å². The van der Waals surface area contributed by atoms with Crippen LogP contribution in [-0.2, 0) is 14.2 Å². The number of morpholine rings is 1. The average Bonchev–Trinajstić information content (AvgIpc) is 3.31. The van der Waals surface area contributed by atoms with Crippen molar-refractivity contribution in [1.82, 2.24) is 4.90 Å². The van der Waals surface area contributed by atoms with Gasteiger partial charge in [-0.3, -0.25) is 0 Å². The van der Waals surface area contributed by atoms with Crippen LogP contribution in [0.1, 0.15) is 101 Å². The van der Waals surface area contributed by atoms with E-state index in [1.54, 1.807) is 6.07 Å². The van der Waals surface area contributed by atoms with Crippen LogP contribution in [-0.4, -0.2) is 56.2 Å². The molecule has 2 heterocycles. The summed E-state index contributed by atoms with van der Waals surface area (Å²) in [7, 11) is 0. The van der Waals surface area contributed by atoms with Crippen molar-refractivity contribution in [3.05, 3.63) is 17.9 Å². The molecule has 0 saturated carbocycles. The minimum atomic E-state index is -1.03. The number of rotatable bonds is 17. The maximum Gasteiger partial charge on any atom is 0.413 e. The van der Waals surface area contributed by atoms with Gasteiger partial charge in [0.15, 0.2) is 0 Å². The molecule has 1 amide bonds. The van der Waals surface area contributed by atoms with Crippen molar-refractivity contribution in [2.24, 2.45) is 0 Å². The first-order valence-electron chi connectivity index (χ1n) is 13.1. The van der Waals surface area contributed by atoms with E-state index in [9.17, 15) is 9.59 Å². The fraction of sp³-hybridized carbons (Fsp3) is 0.769. The molecule has 0 N–H and O–H groups in total. The Morgan fingerprint density at radius 3 is 2.09 bits per heavy atom. The number of ether oxygens (including phenoxy) is 4. The van der Waals surface area contributed by atoms with Gasteiger partial charge in [0.2, 0.25) is 12.1 Å². The van der Waals surface area contributed by atoms with Gasteiger partial charge in [0, 0.05) is 26.1 Å². The summed E-state index contributed by atoms with van der Waals surface area (Å²) in [6.07, 6.45) is 13.9. The third-order valence-electron chi connectivity index (χ3n) is 5.83. The molecule has 1 aromatic heterocycles. The van der Waals surface area contributed by atoms with E-state index in [0.29, 0.717) is 32.9 Å². The Hall–Kier alpha value is -2.22. The number of esters is 1. The van der Waals surface area contributed by atoms with Gasteiger partial charge in [-0.25, -0.2) is 9.59 Å². The number of amides is 1.